The van der Waals surface area contributed by atoms with Crippen LogP contribution in [-0.2, 0) is 13.1 Å². The number of thiazole rings is 1. The van der Waals surface area contributed by atoms with Gasteiger partial charge >= 0.3 is 0 Å². The standard InChI is InChI=1S/C27H31N3OS/c1-19(2)15-29(16-21-10-12-22(13-11-21)20(3)4)17-24-14-26(31)30-25(18-32-27(30)28-24)23-8-6-5-7-9-23/h5-14,18-20H,15-17H2,1-4H3. The van der Waals surface area contributed by atoms with Crippen molar-refractivity contribution in [3.05, 3.63) is 93.2 Å². The minimum atomic E-state index is -0.0177. The zero-order valence-corrected chi connectivity index (χ0v) is 20.1. The fourth-order valence-electron chi connectivity index (χ4n) is 4.05. The van der Waals surface area contributed by atoms with Crippen molar-refractivity contribution in [3.8, 4) is 11.3 Å². The predicted octanol–water partition coefficient (Wildman–Crippen LogP) is 6.20. The van der Waals surface area contributed by atoms with Gasteiger partial charge in [0.25, 0.3) is 5.56 Å². The van der Waals surface area contributed by atoms with Crippen LogP contribution in [0.25, 0.3) is 16.2 Å². The second-order valence-electron chi connectivity index (χ2n) is 9.15. The highest BCUT2D eigenvalue weighted by atomic mass is 32.1. The molecule has 0 bridgehead atoms. The van der Waals surface area contributed by atoms with Gasteiger partial charge in [0.1, 0.15) is 0 Å². The van der Waals surface area contributed by atoms with Gasteiger partial charge in [-0.3, -0.25) is 14.1 Å². The zero-order chi connectivity index (χ0) is 22.7. The van der Waals surface area contributed by atoms with Crippen molar-refractivity contribution in [1.29, 1.82) is 0 Å². The molecule has 2 aromatic heterocycles. The fourth-order valence-corrected chi connectivity index (χ4v) is 4.97. The first-order chi connectivity index (χ1) is 15.4. The maximum Gasteiger partial charge on any atom is 0.259 e. The molecule has 0 fully saturated rings. The first-order valence-electron chi connectivity index (χ1n) is 11.3. The Bertz CT molecular complexity index is 1220. The summed E-state index contributed by atoms with van der Waals surface area (Å²) in [6.45, 7) is 11.3. The lowest BCUT2D eigenvalue weighted by molar-refractivity contribution is 0.225. The molecule has 0 saturated heterocycles. The van der Waals surface area contributed by atoms with Crippen LogP contribution in [0.1, 0.15) is 50.4 Å². The van der Waals surface area contributed by atoms with E-state index in [0.717, 1.165) is 35.0 Å². The lowest BCUT2D eigenvalue weighted by atomic mass is 10.0. The zero-order valence-electron chi connectivity index (χ0n) is 19.3. The first kappa shape index (κ1) is 22.4. The number of hydrogen-bond acceptors (Lipinski definition) is 4. The van der Waals surface area contributed by atoms with Crippen molar-refractivity contribution < 1.29 is 0 Å². The average Bonchev–Trinajstić information content (AvgIpc) is 3.19. The largest absolute Gasteiger partial charge is 0.293 e. The van der Waals surface area contributed by atoms with E-state index in [0.29, 0.717) is 18.4 Å². The summed E-state index contributed by atoms with van der Waals surface area (Å²) in [5.74, 6) is 1.06. The molecule has 0 aliphatic heterocycles. The van der Waals surface area contributed by atoms with E-state index in [1.54, 1.807) is 10.5 Å². The number of nitrogens with zero attached hydrogens (tertiary/aromatic N) is 3. The molecule has 32 heavy (non-hydrogen) atoms. The molecule has 4 nitrogen and oxygen atoms in total. The summed E-state index contributed by atoms with van der Waals surface area (Å²) >= 11 is 1.52. The van der Waals surface area contributed by atoms with Crippen LogP contribution in [0.3, 0.4) is 0 Å². The molecule has 2 aromatic carbocycles. The van der Waals surface area contributed by atoms with Gasteiger partial charge in [-0.25, -0.2) is 4.98 Å². The molecule has 0 spiro atoms. The fraction of sp³-hybridized carbons (Fsp3) is 0.333. The Balaban J connectivity index is 1.59. The van der Waals surface area contributed by atoms with Gasteiger partial charge in [-0.15, -0.1) is 11.3 Å². The van der Waals surface area contributed by atoms with E-state index in [9.17, 15) is 4.79 Å². The van der Waals surface area contributed by atoms with Gasteiger partial charge in [-0.05, 0) is 28.5 Å². The topological polar surface area (TPSA) is 37.6 Å². The molecule has 0 radical (unpaired) electrons. The summed E-state index contributed by atoms with van der Waals surface area (Å²) in [6.07, 6.45) is 0. The molecule has 0 aliphatic rings. The SMILES string of the molecule is CC(C)CN(Cc1ccc(C(C)C)cc1)Cc1cc(=O)n2c(-c3ccccc3)csc2n1. The van der Waals surface area contributed by atoms with E-state index in [4.69, 9.17) is 4.98 Å². The molecule has 0 amide bonds. The first-order valence-corrected chi connectivity index (χ1v) is 12.2. The van der Waals surface area contributed by atoms with Crippen molar-refractivity contribution in [1.82, 2.24) is 14.3 Å². The van der Waals surface area contributed by atoms with Crippen LogP contribution in [0.4, 0.5) is 0 Å². The second kappa shape index (κ2) is 9.80. The lowest BCUT2D eigenvalue weighted by Gasteiger charge is -2.24. The van der Waals surface area contributed by atoms with E-state index < -0.39 is 0 Å². The normalized spacial score (nSPS) is 11.8. The van der Waals surface area contributed by atoms with Crippen LogP contribution in [0.2, 0.25) is 0 Å². The molecule has 4 rings (SSSR count). The molecule has 0 saturated carbocycles. The Labute approximate surface area is 194 Å². The maximum absolute atomic E-state index is 13.0. The highest BCUT2D eigenvalue weighted by Crippen LogP contribution is 2.24. The Morgan fingerprint density at radius 1 is 0.969 bits per heavy atom. The molecule has 0 unspecified atom stereocenters. The Kier molecular flexibility index (Phi) is 6.87. The molecule has 5 heteroatoms. The van der Waals surface area contributed by atoms with Gasteiger partial charge < -0.3 is 0 Å². The molecule has 2 heterocycles. The monoisotopic (exact) mass is 445 g/mol. The maximum atomic E-state index is 13.0. The van der Waals surface area contributed by atoms with Crippen LogP contribution in [0, 0.1) is 5.92 Å². The molecular weight excluding hydrogens is 414 g/mol. The Morgan fingerprint density at radius 3 is 2.34 bits per heavy atom. The molecular formula is C27H31N3OS. The Morgan fingerprint density at radius 2 is 1.69 bits per heavy atom. The lowest BCUT2D eigenvalue weighted by Crippen LogP contribution is -2.28. The van der Waals surface area contributed by atoms with Crippen molar-refractivity contribution in [2.45, 2.75) is 46.7 Å². The van der Waals surface area contributed by atoms with Crippen LogP contribution in [0.15, 0.2) is 70.8 Å². The summed E-state index contributed by atoms with van der Waals surface area (Å²) in [5.41, 5.74) is 5.39. The van der Waals surface area contributed by atoms with E-state index in [1.165, 1.54) is 22.5 Å². The summed E-state index contributed by atoms with van der Waals surface area (Å²) < 4.78 is 1.72. The van der Waals surface area contributed by atoms with E-state index in [1.807, 2.05) is 35.7 Å². The average molecular weight is 446 g/mol. The van der Waals surface area contributed by atoms with Gasteiger partial charge in [0.15, 0.2) is 4.96 Å². The molecule has 0 aliphatic carbocycles. The second-order valence-corrected chi connectivity index (χ2v) is 9.99. The number of benzene rings is 2. The number of fused-ring (bicyclic) bond motifs is 1. The van der Waals surface area contributed by atoms with Crippen LogP contribution in [-0.4, -0.2) is 20.8 Å². The number of rotatable bonds is 8. The summed E-state index contributed by atoms with van der Waals surface area (Å²) in [7, 11) is 0. The van der Waals surface area contributed by atoms with E-state index >= 15 is 0 Å². The number of aromatic nitrogens is 2. The summed E-state index contributed by atoms with van der Waals surface area (Å²) in [4.78, 5) is 21.0. The van der Waals surface area contributed by atoms with Gasteiger partial charge in [-0.2, -0.15) is 0 Å². The van der Waals surface area contributed by atoms with Crippen molar-refractivity contribution in [2.24, 2.45) is 5.92 Å². The van der Waals surface area contributed by atoms with Crippen LogP contribution >= 0.6 is 11.3 Å². The third-order valence-corrected chi connectivity index (χ3v) is 6.41. The van der Waals surface area contributed by atoms with E-state index in [-0.39, 0.29) is 5.56 Å². The van der Waals surface area contributed by atoms with Gasteiger partial charge in [-0.1, -0.05) is 82.3 Å². The molecule has 166 valence electrons. The highest BCUT2D eigenvalue weighted by Gasteiger charge is 2.15. The predicted molar refractivity (Wildman–Crippen MR) is 134 cm³/mol. The van der Waals surface area contributed by atoms with Gasteiger partial charge in [0, 0.05) is 31.1 Å². The van der Waals surface area contributed by atoms with Crippen LogP contribution < -0.4 is 5.56 Å². The van der Waals surface area contributed by atoms with Gasteiger partial charge in [0.2, 0.25) is 0 Å². The highest BCUT2D eigenvalue weighted by molar-refractivity contribution is 7.15. The Hall–Kier alpha value is -2.76. The smallest absolute Gasteiger partial charge is 0.259 e. The third-order valence-electron chi connectivity index (χ3n) is 5.59. The molecule has 0 atom stereocenters. The summed E-state index contributed by atoms with van der Waals surface area (Å²) in [5, 5.41) is 2.02. The third kappa shape index (κ3) is 5.17. The van der Waals surface area contributed by atoms with Gasteiger partial charge in [0.05, 0.1) is 11.4 Å². The van der Waals surface area contributed by atoms with Crippen molar-refractivity contribution in [2.75, 3.05) is 6.54 Å². The minimum absolute atomic E-state index is 0.0177. The van der Waals surface area contributed by atoms with E-state index in [2.05, 4.69) is 56.9 Å². The van der Waals surface area contributed by atoms with Crippen molar-refractivity contribution in [3.63, 3.8) is 0 Å². The quantitative estimate of drug-likeness (QED) is 0.324. The molecule has 4 aromatic rings. The minimum Gasteiger partial charge on any atom is -0.293 e. The number of hydrogen-bond donors (Lipinski definition) is 0. The van der Waals surface area contributed by atoms with Crippen molar-refractivity contribution >= 4 is 16.3 Å². The van der Waals surface area contributed by atoms with Crippen LogP contribution in [0.5, 0.6) is 0 Å². The summed E-state index contributed by atoms with van der Waals surface area (Å²) in [6, 6.07) is 20.6. The molecule has 0 N–H and O–H groups in total.